The van der Waals surface area contributed by atoms with Gasteiger partial charge in [-0.05, 0) is 54.2 Å². The summed E-state index contributed by atoms with van der Waals surface area (Å²) < 4.78 is 12.9. The topological polar surface area (TPSA) is 65.3 Å². The van der Waals surface area contributed by atoms with Gasteiger partial charge in [0.05, 0.1) is 31.5 Å². The van der Waals surface area contributed by atoms with Crippen molar-refractivity contribution in [2.75, 3.05) is 33.4 Å². The maximum atomic E-state index is 5.60. The summed E-state index contributed by atoms with van der Waals surface area (Å²) in [4.78, 5) is 2.55. The van der Waals surface area contributed by atoms with Crippen LogP contribution in [-0.4, -0.2) is 58.5 Å². The van der Waals surface area contributed by atoms with Crippen LogP contribution in [-0.2, 0) is 10.3 Å². The number of hydrogen-bond acceptors (Lipinski definition) is 6. The first kappa shape index (κ1) is 17.4. The molecule has 7 heteroatoms. The molecule has 2 fully saturated rings. The Hall–Kier alpha value is -1.99. The third-order valence-electron chi connectivity index (χ3n) is 5.90. The molecule has 0 bridgehead atoms. The van der Waals surface area contributed by atoms with E-state index in [2.05, 4.69) is 27.3 Å². The van der Waals surface area contributed by atoms with E-state index in [-0.39, 0.29) is 5.54 Å². The average Bonchev–Trinajstić information content (AvgIpc) is 3.20. The van der Waals surface area contributed by atoms with E-state index in [1.807, 2.05) is 28.9 Å². The summed E-state index contributed by atoms with van der Waals surface area (Å²) in [7, 11) is 1.68. The molecule has 2 aromatic rings. The first-order valence-corrected chi connectivity index (χ1v) is 9.49. The second-order valence-electron chi connectivity index (χ2n) is 7.43. The molecule has 2 heterocycles. The van der Waals surface area contributed by atoms with Crippen molar-refractivity contribution in [3.63, 3.8) is 0 Å². The molecule has 0 radical (unpaired) electrons. The highest BCUT2D eigenvalue weighted by Crippen LogP contribution is 2.44. The first-order chi connectivity index (χ1) is 12.7. The van der Waals surface area contributed by atoms with Gasteiger partial charge in [0.2, 0.25) is 0 Å². The largest absolute Gasteiger partial charge is 0.497 e. The van der Waals surface area contributed by atoms with Gasteiger partial charge in [-0.1, -0.05) is 13.0 Å². The van der Waals surface area contributed by atoms with Crippen LogP contribution in [0, 0.1) is 5.92 Å². The molecule has 0 atom stereocenters. The van der Waals surface area contributed by atoms with Crippen molar-refractivity contribution in [2.45, 2.75) is 38.1 Å². The quantitative estimate of drug-likeness (QED) is 0.837. The van der Waals surface area contributed by atoms with Gasteiger partial charge in [0.15, 0.2) is 5.82 Å². The molecule has 1 aliphatic carbocycles. The van der Waals surface area contributed by atoms with Gasteiger partial charge in [-0.2, -0.15) is 4.68 Å². The van der Waals surface area contributed by atoms with Gasteiger partial charge < -0.3 is 9.47 Å². The predicted molar refractivity (Wildman–Crippen MR) is 97.4 cm³/mol. The van der Waals surface area contributed by atoms with Crippen molar-refractivity contribution in [2.24, 2.45) is 5.92 Å². The van der Waals surface area contributed by atoms with Gasteiger partial charge in [-0.3, -0.25) is 4.90 Å². The Morgan fingerprint density at radius 2 is 1.96 bits per heavy atom. The molecular formula is C19H27N5O2. The number of hydrogen-bond donors (Lipinski definition) is 0. The number of morpholine rings is 1. The molecule has 4 rings (SSSR count). The third kappa shape index (κ3) is 3.10. The molecule has 1 saturated heterocycles. The van der Waals surface area contributed by atoms with Gasteiger partial charge in [0.1, 0.15) is 5.75 Å². The van der Waals surface area contributed by atoms with Crippen LogP contribution >= 0.6 is 0 Å². The molecule has 0 N–H and O–H groups in total. The third-order valence-corrected chi connectivity index (χ3v) is 5.90. The smallest absolute Gasteiger partial charge is 0.176 e. The normalized spacial score (nSPS) is 27.4. The van der Waals surface area contributed by atoms with E-state index in [1.54, 1.807) is 7.11 Å². The summed E-state index contributed by atoms with van der Waals surface area (Å²) >= 11 is 0. The predicted octanol–water partition coefficient (Wildman–Crippen LogP) is 2.41. The molecule has 0 spiro atoms. The molecule has 140 valence electrons. The minimum Gasteiger partial charge on any atom is -0.497 e. The highest BCUT2D eigenvalue weighted by Gasteiger charge is 2.45. The molecule has 1 saturated carbocycles. The van der Waals surface area contributed by atoms with Crippen LogP contribution in [0.4, 0.5) is 0 Å². The Labute approximate surface area is 154 Å². The summed E-state index contributed by atoms with van der Waals surface area (Å²) in [6, 6.07) is 7.93. The second kappa shape index (κ2) is 7.32. The first-order valence-electron chi connectivity index (χ1n) is 9.49. The number of aromatic nitrogens is 4. The fourth-order valence-corrected chi connectivity index (χ4v) is 4.31. The number of tetrazole rings is 1. The van der Waals surface area contributed by atoms with Crippen LogP contribution in [0.5, 0.6) is 5.75 Å². The summed E-state index contributed by atoms with van der Waals surface area (Å²) in [5, 5.41) is 12.9. The standard InChI is InChI=1S/C19H27N5O2/c1-15-6-8-19(9-7-15,23-10-12-26-13-11-23)18-20-21-22-24(18)16-4-3-5-17(14-16)25-2/h3-5,14-15H,6-13H2,1-2H3. The van der Waals surface area contributed by atoms with Crippen LogP contribution in [0.15, 0.2) is 24.3 Å². The fraction of sp³-hybridized carbons (Fsp3) is 0.632. The maximum Gasteiger partial charge on any atom is 0.176 e. The SMILES string of the molecule is COc1cccc(-n2nnnc2C2(N3CCOCC3)CCC(C)CC2)c1. The zero-order valence-electron chi connectivity index (χ0n) is 15.6. The lowest BCUT2D eigenvalue weighted by Crippen LogP contribution is -2.54. The van der Waals surface area contributed by atoms with Gasteiger partial charge in [-0.25, -0.2) is 0 Å². The molecule has 2 aliphatic rings. The van der Waals surface area contributed by atoms with Crippen LogP contribution in [0.1, 0.15) is 38.4 Å². The number of ether oxygens (including phenoxy) is 2. The monoisotopic (exact) mass is 357 g/mol. The van der Waals surface area contributed by atoms with Crippen LogP contribution < -0.4 is 4.74 Å². The van der Waals surface area contributed by atoms with Crippen molar-refractivity contribution in [1.29, 1.82) is 0 Å². The molecule has 1 aromatic heterocycles. The van der Waals surface area contributed by atoms with E-state index in [0.717, 1.165) is 62.3 Å². The number of methoxy groups -OCH3 is 1. The van der Waals surface area contributed by atoms with E-state index in [9.17, 15) is 0 Å². The molecule has 26 heavy (non-hydrogen) atoms. The molecule has 0 unspecified atom stereocenters. The van der Waals surface area contributed by atoms with E-state index >= 15 is 0 Å². The van der Waals surface area contributed by atoms with Crippen molar-refractivity contribution in [1.82, 2.24) is 25.1 Å². The van der Waals surface area contributed by atoms with Gasteiger partial charge in [0, 0.05) is 19.2 Å². The van der Waals surface area contributed by atoms with Crippen LogP contribution in [0.2, 0.25) is 0 Å². The van der Waals surface area contributed by atoms with Crippen molar-refractivity contribution < 1.29 is 9.47 Å². The molecule has 0 amide bonds. The van der Waals surface area contributed by atoms with Crippen molar-refractivity contribution in [3.8, 4) is 11.4 Å². The molecule has 7 nitrogen and oxygen atoms in total. The van der Waals surface area contributed by atoms with Crippen molar-refractivity contribution in [3.05, 3.63) is 30.1 Å². The highest BCUT2D eigenvalue weighted by molar-refractivity contribution is 5.39. The Kier molecular flexibility index (Phi) is 4.91. The minimum atomic E-state index is -0.122. The Morgan fingerprint density at radius 3 is 2.69 bits per heavy atom. The van der Waals surface area contributed by atoms with E-state index < -0.39 is 0 Å². The van der Waals surface area contributed by atoms with Crippen LogP contribution in [0.3, 0.4) is 0 Å². The summed E-state index contributed by atoms with van der Waals surface area (Å²) in [6.07, 6.45) is 4.56. The van der Waals surface area contributed by atoms with Gasteiger partial charge in [-0.15, -0.1) is 5.10 Å². The highest BCUT2D eigenvalue weighted by atomic mass is 16.5. The zero-order chi connectivity index (χ0) is 18.0. The average molecular weight is 357 g/mol. The zero-order valence-corrected chi connectivity index (χ0v) is 15.6. The van der Waals surface area contributed by atoms with E-state index in [0.29, 0.717) is 0 Å². The Bertz CT molecular complexity index is 733. The van der Waals surface area contributed by atoms with Crippen LogP contribution in [0.25, 0.3) is 5.69 Å². The number of benzene rings is 1. The Balaban J connectivity index is 1.76. The summed E-state index contributed by atoms with van der Waals surface area (Å²) in [5.74, 6) is 2.51. The molecule has 1 aliphatic heterocycles. The fourth-order valence-electron chi connectivity index (χ4n) is 4.31. The van der Waals surface area contributed by atoms with E-state index in [4.69, 9.17) is 9.47 Å². The molecular weight excluding hydrogens is 330 g/mol. The van der Waals surface area contributed by atoms with Gasteiger partial charge >= 0.3 is 0 Å². The van der Waals surface area contributed by atoms with Gasteiger partial charge in [0.25, 0.3) is 0 Å². The lowest BCUT2D eigenvalue weighted by molar-refractivity contribution is -0.0499. The lowest BCUT2D eigenvalue weighted by atomic mass is 9.75. The summed E-state index contributed by atoms with van der Waals surface area (Å²) in [6.45, 7) is 5.75. The van der Waals surface area contributed by atoms with E-state index in [1.165, 1.54) is 12.8 Å². The summed E-state index contributed by atoms with van der Waals surface area (Å²) in [5.41, 5.74) is 0.818. The second-order valence-corrected chi connectivity index (χ2v) is 7.43. The minimum absolute atomic E-state index is 0.122. The maximum absolute atomic E-state index is 5.60. The molecule has 1 aromatic carbocycles. The number of rotatable bonds is 4. The number of nitrogens with zero attached hydrogens (tertiary/aromatic N) is 5. The van der Waals surface area contributed by atoms with Crippen molar-refractivity contribution >= 4 is 0 Å². The Morgan fingerprint density at radius 1 is 1.19 bits per heavy atom. The lowest BCUT2D eigenvalue weighted by Gasteiger charge is -2.47.